The van der Waals surface area contributed by atoms with Gasteiger partial charge in [0.1, 0.15) is 0 Å². The summed E-state index contributed by atoms with van der Waals surface area (Å²) in [5, 5.41) is -0.0938. The first-order chi connectivity index (χ1) is 5.11. The Morgan fingerprint density at radius 1 is 1.55 bits per heavy atom. The average molecular weight is 173 g/mol. The fourth-order valence-corrected chi connectivity index (χ4v) is 1.66. The van der Waals surface area contributed by atoms with E-state index in [4.69, 9.17) is 0 Å². The fraction of sp³-hybridized carbons (Fsp3) is 0.714. The molecule has 0 aromatic heterocycles. The van der Waals surface area contributed by atoms with Crippen LogP contribution >= 0.6 is 11.8 Å². The second kappa shape index (κ2) is 3.26. The van der Waals surface area contributed by atoms with Crippen molar-refractivity contribution in [1.29, 1.82) is 0 Å². The van der Waals surface area contributed by atoms with Crippen LogP contribution in [0.1, 0.15) is 13.8 Å². The lowest BCUT2D eigenvalue weighted by Gasteiger charge is -2.14. The van der Waals surface area contributed by atoms with Gasteiger partial charge in [0.25, 0.3) is 5.24 Å². The van der Waals surface area contributed by atoms with Gasteiger partial charge in [0.15, 0.2) is 0 Å². The normalized spacial score (nSPS) is 18.6. The zero-order valence-electron chi connectivity index (χ0n) is 6.66. The van der Waals surface area contributed by atoms with Crippen molar-refractivity contribution >= 4 is 22.9 Å². The molecule has 2 amide bonds. The number of carbonyl (C=O) groups is 2. The maximum absolute atomic E-state index is 11.0. The van der Waals surface area contributed by atoms with E-state index in [1.807, 2.05) is 13.8 Å². The van der Waals surface area contributed by atoms with Crippen LogP contribution in [0.2, 0.25) is 0 Å². The van der Waals surface area contributed by atoms with Crippen LogP contribution in [-0.4, -0.2) is 28.3 Å². The van der Waals surface area contributed by atoms with E-state index in [9.17, 15) is 9.59 Å². The summed E-state index contributed by atoms with van der Waals surface area (Å²) < 4.78 is 0. The molecule has 4 heteroatoms. The predicted molar refractivity (Wildman–Crippen MR) is 44.4 cm³/mol. The van der Waals surface area contributed by atoms with E-state index in [-0.39, 0.29) is 11.1 Å². The smallest absolute Gasteiger partial charge is 0.273 e. The lowest BCUT2D eigenvalue weighted by atomic mass is 10.2. The second-order valence-corrected chi connectivity index (χ2v) is 3.88. The Labute approximate surface area is 70.1 Å². The molecule has 0 aliphatic carbocycles. The van der Waals surface area contributed by atoms with Crippen LogP contribution < -0.4 is 0 Å². The number of rotatable bonds is 2. The topological polar surface area (TPSA) is 37.4 Å². The lowest BCUT2D eigenvalue weighted by molar-refractivity contribution is -0.124. The van der Waals surface area contributed by atoms with Gasteiger partial charge in [-0.2, -0.15) is 0 Å². The van der Waals surface area contributed by atoms with E-state index in [0.29, 0.717) is 18.2 Å². The SMILES string of the molecule is CC(C)CN1C(=O)CSC1=O. The van der Waals surface area contributed by atoms with Crippen LogP contribution in [0, 0.1) is 5.92 Å². The standard InChI is InChI=1S/C7H11NO2S/c1-5(2)3-8-6(9)4-11-7(8)10/h5H,3-4H2,1-2H3. The first kappa shape index (κ1) is 8.59. The zero-order valence-corrected chi connectivity index (χ0v) is 7.48. The predicted octanol–water partition coefficient (Wildman–Crippen LogP) is 1.34. The van der Waals surface area contributed by atoms with Gasteiger partial charge in [-0.25, -0.2) is 0 Å². The molecule has 0 atom stereocenters. The van der Waals surface area contributed by atoms with E-state index in [1.165, 1.54) is 4.90 Å². The quantitative estimate of drug-likeness (QED) is 0.632. The Kier molecular flexibility index (Phi) is 2.54. The third kappa shape index (κ3) is 1.96. The molecule has 1 heterocycles. The van der Waals surface area contributed by atoms with Crippen LogP contribution in [0.3, 0.4) is 0 Å². The first-order valence-corrected chi connectivity index (χ1v) is 4.57. The number of hydrogen-bond acceptors (Lipinski definition) is 3. The highest BCUT2D eigenvalue weighted by Gasteiger charge is 2.29. The Hall–Kier alpha value is -0.510. The van der Waals surface area contributed by atoms with Crippen LogP contribution in [0.5, 0.6) is 0 Å². The van der Waals surface area contributed by atoms with E-state index < -0.39 is 0 Å². The van der Waals surface area contributed by atoms with Gasteiger partial charge in [-0.15, -0.1) is 0 Å². The van der Waals surface area contributed by atoms with Gasteiger partial charge < -0.3 is 0 Å². The van der Waals surface area contributed by atoms with Crippen molar-refractivity contribution in [3.05, 3.63) is 0 Å². The third-order valence-corrected chi connectivity index (χ3v) is 2.25. The Bertz CT molecular complexity index is 175. The molecule has 0 unspecified atom stereocenters. The van der Waals surface area contributed by atoms with Crippen molar-refractivity contribution in [2.24, 2.45) is 5.92 Å². The minimum Gasteiger partial charge on any atom is -0.273 e. The molecule has 0 bridgehead atoms. The summed E-state index contributed by atoms with van der Waals surface area (Å²) in [4.78, 5) is 23.3. The highest BCUT2D eigenvalue weighted by molar-refractivity contribution is 8.14. The number of thioether (sulfide) groups is 1. The van der Waals surface area contributed by atoms with Crippen molar-refractivity contribution in [3.8, 4) is 0 Å². The van der Waals surface area contributed by atoms with Crippen molar-refractivity contribution in [3.63, 3.8) is 0 Å². The van der Waals surface area contributed by atoms with E-state index in [0.717, 1.165) is 11.8 Å². The van der Waals surface area contributed by atoms with Gasteiger partial charge >= 0.3 is 0 Å². The Morgan fingerprint density at radius 3 is 2.55 bits per heavy atom. The largest absolute Gasteiger partial charge is 0.288 e. The summed E-state index contributed by atoms with van der Waals surface area (Å²) >= 11 is 1.09. The summed E-state index contributed by atoms with van der Waals surface area (Å²) in [6.45, 7) is 4.54. The number of imide groups is 1. The van der Waals surface area contributed by atoms with Crippen molar-refractivity contribution in [2.75, 3.05) is 12.3 Å². The maximum atomic E-state index is 11.0. The summed E-state index contributed by atoms with van der Waals surface area (Å²) in [6, 6.07) is 0. The summed E-state index contributed by atoms with van der Waals surface area (Å²) in [7, 11) is 0. The molecule has 11 heavy (non-hydrogen) atoms. The van der Waals surface area contributed by atoms with Gasteiger partial charge in [0.05, 0.1) is 5.75 Å². The summed E-state index contributed by atoms with van der Waals surface area (Å²) in [6.07, 6.45) is 0. The van der Waals surface area contributed by atoms with Gasteiger partial charge in [-0.3, -0.25) is 14.5 Å². The molecule has 0 aromatic carbocycles. The summed E-state index contributed by atoms with van der Waals surface area (Å²) in [5.74, 6) is 0.640. The Morgan fingerprint density at radius 2 is 2.18 bits per heavy atom. The van der Waals surface area contributed by atoms with Crippen molar-refractivity contribution in [1.82, 2.24) is 4.90 Å². The van der Waals surface area contributed by atoms with Gasteiger partial charge in [0.2, 0.25) is 5.91 Å². The van der Waals surface area contributed by atoms with Crippen molar-refractivity contribution in [2.45, 2.75) is 13.8 Å². The number of hydrogen-bond donors (Lipinski definition) is 0. The second-order valence-electron chi connectivity index (χ2n) is 2.95. The first-order valence-electron chi connectivity index (χ1n) is 3.58. The monoisotopic (exact) mass is 173 g/mol. The van der Waals surface area contributed by atoms with Gasteiger partial charge in [-0.1, -0.05) is 25.6 Å². The molecule has 1 aliphatic rings. The number of nitrogens with zero attached hydrogens (tertiary/aromatic N) is 1. The molecule has 1 rings (SSSR count). The lowest BCUT2D eigenvalue weighted by Crippen LogP contribution is -2.32. The zero-order chi connectivity index (χ0) is 8.43. The molecule has 3 nitrogen and oxygen atoms in total. The third-order valence-electron chi connectivity index (χ3n) is 1.39. The van der Waals surface area contributed by atoms with Crippen LogP contribution in [0.4, 0.5) is 4.79 Å². The van der Waals surface area contributed by atoms with Crippen molar-refractivity contribution < 1.29 is 9.59 Å². The molecular formula is C7H11NO2S. The van der Waals surface area contributed by atoms with E-state index >= 15 is 0 Å². The Balaban J connectivity index is 2.55. The van der Waals surface area contributed by atoms with Gasteiger partial charge in [-0.05, 0) is 5.92 Å². The molecule has 1 fully saturated rings. The average Bonchev–Trinajstić information content (AvgIpc) is 2.18. The number of carbonyl (C=O) groups excluding carboxylic acids is 2. The molecule has 0 saturated carbocycles. The molecule has 0 spiro atoms. The summed E-state index contributed by atoms with van der Waals surface area (Å²) in [5.41, 5.74) is 0. The number of amides is 2. The maximum Gasteiger partial charge on any atom is 0.288 e. The molecule has 1 saturated heterocycles. The molecule has 0 aromatic rings. The highest BCUT2D eigenvalue weighted by atomic mass is 32.2. The molecule has 0 radical (unpaired) electrons. The molecule has 1 aliphatic heterocycles. The van der Waals surface area contributed by atoms with Crippen LogP contribution in [-0.2, 0) is 4.79 Å². The van der Waals surface area contributed by atoms with E-state index in [1.54, 1.807) is 0 Å². The highest BCUT2D eigenvalue weighted by Crippen LogP contribution is 2.19. The van der Waals surface area contributed by atoms with E-state index in [2.05, 4.69) is 0 Å². The van der Waals surface area contributed by atoms with Crippen LogP contribution in [0.15, 0.2) is 0 Å². The minimum atomic E-state index is -0.0938. The molecule has 0 N–H and O–H groups in total. The van der Waals surface area contributed by atoms with Gasteiger partial charge in [0, 0.05) is 6.54 Å². The molecular weight excluding hydrogens is 162 g/mol. The van der Waals surface area contributed by atoms with Crippen LogP contribution in [0.25, 0.3) is 0 Å². The molecule has 62 valence electrons. The fourth-order valence-electron chi connectivity index (χ4n) is 0.923. The minimum absolute atomic E-state index is 0.0475.